The predicted molar refractivity (Wildman–Crippen MR) is 122 cm³/mol. The molecular formula is C23H19Cl2FN4O3. The Balaban J connectivity index is 1.48. The van der Waals surface area contributed by atoms with Gasteiger partial charge in [0.25, 0.3) is 5.91 Å². The fraction of sp³-hybridized carbons (Fsp3) is 0.174. The van der Waals surface area contributed by atoms with Crippen LogP contribution in [0.5, 0.6) is 5.75 Å². The Labute approximate surface area is 199 Å². The number of nitrogens with one attached hydrogen (secondary N) is 1. The number of aromatic nitrogens is 3. The Morgan fingerprint density at radius 2 is 1.94 bits per heavy atom. The van der Waals surface area contributed by atoms with Gasteiger partial charge in [0.15, 0.2) is 11.5 Å². The number of aryl methyl sites for hydroxylation is 2. The summed E-state index contributed by atoms with van der Waals surface area (Å²) in [5.41, 5.74) is 1.61. The van der Waals surface area contributed by atoms with Crippen LogP contribution in [0.4, 0.5) is 10.2 Å². The summed E-state index contributed by atoms with van der Waals surface area (Å²) in [6.07, 6.45) is 0. The molecule has 0 spiro atoms. The van der Waals surface area contributed by atoms with Crippen LogP contribution in [-0.2, 0) is 13.2 Å². The fourth-order valence-electron chi connectivity index (χ4n) is 3.19. The molecule has 2 heterocycles. The highest BCUT2D eigenvalue weighted by Gasteiger charge is 2.22. The number of rotatable bonds is 7. The van der Waals surface area contributed by atoms with Gasteiger partial charge in [0.2, 0.25) is 0 Å². The zero-order valence-corrected chi connectivity index (χ0v) is 19.2. The average molecular weight is 489 g/mol. The predicted octanol–water partition coefficient (Wildman–Crippen LogP) is 5.81. The maximum Gasteiger partial charge on any atom is 0.279 e. The van der Waals surface area contributed by atoms with E-state index >= 15 is 0 Å². The molecule has 7 nitrogen and oxygen atoms in total. The molecule has 4 rings (SSSR count). The van der Waals surface area contributed by atoms with Gasteiger partial charge in [-0.25, -0.2) is 4.39 Å². The number of halogens is 3. The van der Waals surface area contributed by atoms with Crippen molar-refractivity contribution in [3.05, 3.63) is 92.7 Å². The number of hydrogen-bond acceptors (Lipinski definition) is 5. The van der Waals surface area contributed by atoms with Gasteiger partial charge in [0, 0.05) is 27.4 Å². The number of amides is 1. The Kier molecular flexibility index (Phi) is 6.67. The maximum absolute atomic E-state index is 14.1. The lowest BCUT2D eigenvalue weighted by molar-refractivity contribution is 0.101. The van der Waals surface area contributed by atoms with Gasteiger partial charge in [-0.2, -0.15) is 5.10 Å². The van der Waals surface area contributed by atoms with Crippen molar-refractivity contribution in [1.29, 1.82) is 0 Å². The number of nitrogens with zero attached hydrogens (tertiary/aromatic N) is 3. The highest BCUT2D eigenvalue weighted by molar-refractivity contribution is 6.31. The highest BCUT2D eigenvalue weighted by atomic mass is 35.5. The molecule has 1 amide bonds. The van der Waals surface area contributed by atoms with Crippen LogP contribution in [0.2, 0.25) is 10.0 Å². The van der Waals surface area contributed by atoms with E-state index in [1.54, 1.807) is 54.9 Å². The molecule has 2 aromatic heterocycles. The number of benzene rings is 2. The standard InChI is InChI=1S/C23H19Cl2FN4O3/c1-13-9-21(28-30(13)11-17-19(25)7-4-8-20(17)26)27-23(31)22-18(14(2)33-29-22)12-32-16-6-3-5-15(24)10-16/h3-10H,11-12H2,1-2H3,(H,27,28,31). The summed E-state index contributed by atoms with van der Waals surface area (Å²) in [5, 5.41) is 11.8. The first-order valence-corrected chi connectivity index (χ1v) is 10.7. The minimum atomic E-state index is -0.509. The quantitative estimate of drug-likeness (QED) is 0.354. The zero-order valence-electron chi connectivity index (χ0n) is 17.7. The van der Waals surface area contributed by atoms with E-state index in [0.717, 1.165) is 0 Å². The topological polar surface area (TPSA) is 82.2 Å². The molecular weight excluding hydrogens is 470 g/mol. The van der Waals surface area contributed by atoms with Gasteiger partial charge in [-0.15, -0.1) is 0 Å². The van der Waals surface area contributed by atoms with Crippen molar-refractivity contribution in [2.24, 2.45) is 0 Å². The number of ether oxygens (including phenoxy) is 1. The molecule has 0 aliphatic carbocycles. The number of anilines is 1. The summed E-state index contributed by atoms with van der Waals surface area (Å²) in [5.74, 6) is 0.358. The zero-order chi connectivity index (χ0) is 23.5. The van der Waals surface area contributed by atoms with Gasteiger partial charge in [-0.05, 0) is 44.2 Å². The van der Waals surface area contributed by atoms with Crippen molar-refractivity contribution < 1.29 is 18.4 Å². The van der Waals surface area contributed by atoms with Gasteiger partial charge >= 0.3 is 0 Å². The lowest BCUT2D eigenvalue weighted by Crippen LogP contribution is -2.16. The largest absolute Gasteiger partial charge is 0.489 e. The van der Waals surface area contributed by atoms with Crippen LogP contribution in [0.15, 0.2) is 53.1 Å². The minimum absolute atomic E-state index is 0.0671. The van der Waals surface area contributed by atoms with Crippen molar-refractivity contribution in [3.63, 3.8) is 0 Å². The molecule has 10 heteroatoms. The second-order valence-electron chi connectivity index (χ2n) is 7.29. The third-order valence-corrected chi connectivity index (χ3v) is 5.56. The lowest BCUT2D eigenvalue weighted by Gasteiger charge is -2.08. The van der Waals surface area contributed by atoms with E-state index in [4.69, 9.17) is 32.5 Å². The molecule has 0 aliphatic rings. The lowest BCUT2D eigenvalue weighted by atomic mass is 10.2. The first-order chi connectivity index (χ1) is 15.8. The van der Waals surface area contributed by atoms with Gasteiger partial charge in [-0.1, -0.05) is 40.5 Å². The maximum atomic E-state index is 14.1. The van der Waals surface area contributed by atoms with E-state index in [1.807, 2.05) is 0 Å². The summed E-state index contributed by atoms with van der Waals surface area (Å²) in [7, 11) is 0. The number of carbonyl (C=O) groups is 1. The van der Waals surface area contributed by atoms with E-state index in [9.17, 15) is 9.18 Å². The highest BCUT2D eigenvalue weighted by Crippen LogP contribution is 2.23. The van der Waals surface area contributed by atoms with Crippen molar-refractivity contribution in [3.8, 4) is 5.75 Å². The summed E-state index contributed by atoms with van der Waals surface area (Å²) >= 11 is 12.1. The Hall–Kier alpha value is -3.36. The third kappa shape index (κ3) is 5.18. The summed E-state index contributed by atoms with van der Waals surface area (Å²) in [4.78, 5) is 12.9. The van der Waals surface area contributed by atoms with Gasteiger partial charge < -0.3 is 14.6 Å². The monoisotopic (exact) mass is 488 g/mol. The van der Waals surface area contributed by atoms with Crippen LogP contribution in [0.1, 0.15) is 33.1 Å². The van der Waals surface area contributed by atoms with E-state index in [0.29, 0.717) is 38.4 Å². The van der Waals surface area contributed by atoms with Crippen molar-refractivity contribution in [2.75, 3.05) is 5.32 Å². The van der Waals surface area contributed by atoms with E-state index in [2.05, 4.69) is 15.6 Å². The van der Waals surface area contributed by atoms with Gasteiger partial charge in [-0.3, -0.25) is 9.48 Å². The molecule has 4 aromatic rings. The van der Waals surface area contributed by atoms with E-state index < -0.39 is 11.7 Å². The van der Waals surface area contributed by atoms with Crippen LogP contribution in [0, 0.1) is 19.7 Å². The van der Waals surface area contributed by atoms with Crippen LogP contribution in [0.25, 0.3) is 0 Å². The summed E-state index contributed by atoms with van der Waals surface area (Å²) in [6.45, 7) is 3.67. The first kappa shape index (κ1) is 22.8. The molecule has 0 saturated carbocycles. The van der Waals surface area contributed by atoms with E-state index in [1.165, 1.54) is 12.1 Å². The normalized spacial score (nSPS) is 10.9. The molecule has 1 N–H and O–H groups in total. The molecule has 0 saturated heterocycles. The second kappa shape index (κ2) is 9.64. The third-order valence-electron chi connectivity index (χ3n) is 4.97. The van der Waals surface area contributed by atoms with Crippen LogP contribution < -0.4 is 10.1 Å². The van der Waals surface area contributed by atoms with Crippen molar-refractivity contribution in [2.45, 2.75) is 27.0 Å². The summed E-state index contributed by atoms with van der Waals surface area (Å²) in [6, 6.07) is 13.1. The SMILES string of the molecule is Cc1onc(C(=O)Nc2cc(C)n(Cc3c(F)cccc3Cl)n2)c1COc1cccc(Cl)c1. The molecule has 0 aliphatic heterocycles. The van der Waals surface area contributed by atoms with Gasteiger partial charge in [0.1, 0.15) is 23.9 Å². The summed E-state index contributed by atoms with van der Waals surface area (Å²) < 4.78 is 26.6. The second-order valence-corrected chi connectivity index (χ2v) is 8.14. The minimum Gasteiger partial charge on any atom is -0.489 e. The molecule has 170 valence electrons. The number of hydrogen-bond donors (Lipinski definition) is 1. The molecule has 0 atom stereocenters. The van der Waals surface area contributed by atoms with E-state index in [-0.39, 0.29) is 24.7 Å². The molecule has 0 radical (unpaired) electrons. The first-order valence-electron chi connectivity index (χ1n) is 9.94. The van der Waals surface area contributed by atoms with Crippen LogP contribution in [0.3, 0.4) is 0 Å². The number of carbonyl (C=O) groups excluding carboxylic acids is 1. The Morgan fingerprint density at radius 1 is 1.15 bits per heavy atom. The molecule has 33 heavy (non-hydrogen) atoms. The molecule has 0 unspecified atom stereocenters. The smallest absolute Gasteiger partial charge is 0.279 e. The van der Waals surface area contributed by atoms with Gasteiger partial charge in [0.05, 0.1) is 12.1 Å². The molecule has 0 fully saturated rings. The molecule has 0 bridgehead atoms. The Bertz CT molecular complexity index is 1300. The fourth-order valence-corrected chi connectivity index (χ4v) is 3.59. The average Bonchev–Trinajstić information content (AvgIpc) is 3.31. The Morgan fingerprint density at radius 3 is 2.70 bits per heavy atom. The molecule has 2 aromatic carbocycles. The van der Waals surface area contributed by atoms with Crippen molar-refractivity contribution in [1.82, 2.24) is 14.9 Å². The van der Waals surface area contributed by atoms with Crippen molar-refractivity contribution >= 4 is 34.9 Å². The van der Waals surface area contributed by atoms with Crippen LogP contribution in [-0.4, -0.2) is 20.8 Å². The van der Waals surface area contributed by atoms with Crippen LogP contribution >= 0.6 is 23.2 Å².